The molecule has 0 radical (unpaired) electrons. The first-order valence-corrected chi connectivity index (χ1v) is 7.43. The van der Waals surface area contributed by atoms with Crippen molar-refractivity contribution in [3.8, 4) is 5.88 Å². The Balaban J connectivity index is 2.69. The maximum Gasteiger partial charge on any atom is 0.218 e. The second kappa shape index (κ2) is 9.53. The Morgan fingerprint density at radius 1 is 1.25 bits per heavy atom. The van der Waals surface area contributed by atoms with Crippen molar-refractivity contribution in [2.45, 2.75) is 46.6 Å². The van der Waals surface area contributed by atoms with Crippen LogP contribution in [0.25, 0.3) is 0 Å². The number of hydrogen-bond donors (Lipinski definition) is 1. The minimum Gasteiger partial charge on any atom is -0.477 e. The predicted octanol–water partition coefficient (Wildman–Crippen LogP) is 3.26. The number of methoxy groups -OCH3 is 1. The molecule has 1 heterocycles. The molecule has 1 atom stereocenters. The largest absolute Gasteiger partial charge is 0.477 e. The molecule has 1 N–H and O–H groups in total. The van der Waals surface area contributed by atoms with Crippen molar-refractivity contribution in [2.75, 3.05) is 25.6 Å². The molecule has 5 heteroatoms. The third-order valence-corrected chi connectivity index (χ3v) is 2.88. The molecule has 0 amide bonds. The smallest absolute Gasteiger partial charge is 0.218 e. The van der Waals surface area contributed by atoms with Gasteiger partial charge in [-0.3, -0.25) is 0 Å². The molecule has 0 spiro atoms. The zero-order valence-corrected chi connectivity index (χ0v) is 13.1. The van der Waals surface area contributed by atoms with E-state index in [0.29, 0.717) is 30.8 Å². The van der Waals surface area contributed by atoms with Gasteiger partial charge in [0.15, 0.2) is 5.82 Å². The molecule has 0 aromatic carbocycles. The average molecular weight is 281 g/mol. The van der Waals surface area contributed by atoms with Crippen LogP contribution in [0.15, 0.2) is 6.07 Å². The molecule has 0 aliphatic rings. The Kier molecular flexibility index (Phi) is 7.95. The fourth-order valence-electron chi connectivity index (χ4n) is 1.89. The maximum absolute atomic E-state index is 5.78. The van der Waals surface area contributed by atoms with E-state index in [2.05, 4.69) is 36.1 Å². The Bertz CT molecular complexity index is 385. The summed E-state index contributed by atoms with van der Waals surface area (Å²) in [6.45, 7) is 8.46. The van der Waals surface area contributed by atoms with E-state index in [-0.39, 0.29) is 0 Å². The summed E-state index contributed by atoms with van der Waals surface area (Å²) < 4.78 is 10.9. The van der Waals surface area contributed by atoms with Gasteiger partial charge in [-0.1, -0.05) is 27.2 Å². The van der Waals surface area contributed by atoms with Crippen LogP contribution in [-0.2, 0) is 11.3 Å². The first-order valence-electron chi connectivity index (χ1n) is 7.43. The van der Waals surface area contributed by atoms with Crippen LogP contribution in [0.2, 0.25) is 0 Å². The highest BCUT2D eigenvalue weighted by Crippen LogP contribution is 2.16. The number of nitrogens with one attached hydrogen (secondary N) is 1. The number of hydrogen-bond acceptors (Lipinski definition) is 5. The molecule has 0 fully saturated rings. The fourth-order valence-corrected chi connectivity index (χ4v) is 1.89. The van der Waals surface area contributed by atoms with Crippen molar-refractivity contribution >= 4 is 5.82 Å². The molecule has 1 unspecified atom stereocenters. The molecular formula is C15H27N3O2. The quantitative estimate of drug-likeness (QED) is 0.713. The van der Waals surface area contributed by atoms with Gasteiger partial charge in [-0.2, -0.15) is 4.98 Å². The maximum atomic E-state index is 5.78. The van der Waals surface area contributed by atoms with E-state index in [1.54, 1.807) is 7.11 Å². The highest BCUT2D eigenvalue weighted by atomic mass is 16.5. The molecule has 0 aliphatic heterocycles. The van der Waals surface area contributed by atoms with Gasteiger partial charge in [0.1, 0.15) is 12.4 Å². The van der Waals surface area contributed by atoms with Crippen LogP contribution in [-0.4, -0.2) is 30.2 Å². The highest BCUT2D eigenvalue weighted by Gasteiger charge is 2.07. The fraction of sp³-hybridized carbons (Fsp3) is 0.733. The van der Waals surface area contributed by atoms with Gasteiger partial charge < -0.3 is 14.8 Å². The molecule has 1 aromatic rings. The minimum atomic E-state index is 0.391. The molecule has 20 heavy (non-hydrogen) atoms. The first kappa shape index (κ1) is 16.7. The Morgan fingerprint density at radius 3 is 2.70 bits per heavy atom. The lowest BCUT2D eigenvalue weighted by Crippen LogP contribution is -2.11. The number of aromatic nitrogens is 2. The number of ether oxygens (including phenoxy) is 2. The van der Waals surface area contributed by atoms with Crippen molar-refractivity contribution < 1.29 is 9.47 Å². The van der Waals surface area contributed by atoms with Crippen molar-refractivity contribution in [2.24, 2.45) is 5.92 Å². The lowest BCUT2D eigenvalue weighted by molar-refractivity contribution is 0.175. The monoisotopic (exact) mass is 281 g/mol. The molecule has 0 saturated heterocycles. The normalized spacial score (nSPS) is 12.2. The van der Waals surface area contributed by atoms with Crippen LogP contribution < -0.4 is 10.1 Å². The van der Waals surface area contributed by atoms with E-state index < -0.39 is 0 Å². The van der Waals surface area contributed by atoms with Gasteiger partial charge in [0.25, 0.3) is 0 Å². The summed E-state index contributed by atoms with van der Waals surface area (Å²) in [6, 6.07) is 1.85. The van der Waals surface area contributed by atoms with Crippen LogP contribution in [0, 0.1) is 5.92 Å². The third kappa shape index (κ3) is 6.19. The van der Waals surface area contributed by atoms with Crippen LogP contribution in [0.5, 0.6) is 5.88 Å². The molecule has 1 rings (SSSR count). The molecular weight excluding hydrogens is 254 g/mol. The third-order valence-electron chi connectivity index (χ3n) is 2.88. The van der Waals surface area contributed by atoms with Crippen LogP contribution >= 0.6 is 0 Å². The molecule has 0 bridgehead atoms. The van der Waals surface area contributed by atoms with Gasteiger partial charge in [-0.05, 0) is 18.8 Å². The molecule has 5 nitrogen and oxygen atoms in total. The van der Waals surface area contributed by atoms with E-state index in [9.17, 15) is 0 Å². The van der Waals surface area contributed by atoms with Gasteiger partial charge >= 0.3 is 0 Å². The lowest BCUT2D eigenvalue weighted by atomic mass is 10.1. The summed E-state index contributed by atoms with van der Waals surface area (Å²) in [5, 5.41) is 3.26. The zero-order chi connectivity index (χ0) is 14.8. The predicted molar refractivity (Wildman–Crippen MR) is 81.1 cm³/mol. The second-order valence-electron chi connectivity index (χ2n) is 5.07. The molecule has 1 aromatic heterocycles. The summed E-state index contributed by atoms with van der Waals surface area (Å²) in [7, 11) is 1.64. The summed E-state index contributed by atoms with van der Waals surface area (Å²) in [6.07, 6.45) is 3.39. The van der Waals surface area contributed by atoms with E-state index in [1.807, 2.05) is 6.07 Å². The minimum absolute atomic E-state index is 0.391. The van der Waals surface area contributed by atoms with Crippen LogP contribution in [0.3, 0.4) is 0 Å². The summed E-state index contributed by atoms with van der Waals surface area (Å²) in [5.41, 5.74) is 0. The van der Waals surface area contributed by atoms with Crippen LogP contribution in [0.1, 0.15) is 45.9 Å². The molecule has 114 valence electrons. The molecule has 0 saturated carbocycles. The van der Waals surface area contributed by atoms with E-state index >= 15 is 0 Å². The average Bonchev–Trinajstić information content (AvgIpc) is 2.43. The van der Waals surface area contributed by atoms with Gasteiger partial charge in [0, 0.05) is 19.7 Å². The van der Waals surface area contributed by atoms with E-state index in [4.69, 9.17) is 9.47 Å². The Labute approximate surface area is 122 Å². The van der Waals surface area contributed by atoms with Crippen molar-refractivity contribution in [3.63, 3.8) is 0 Å². The SMILES string of the molecule is CCCNc1cc(OCC(C)CCC)nc(COC)n1. The van der Waals surface area contributed by atoms with Crippen molar-refractivity contribution in [1.82, 2.24) is 9.97 Å². The summed E-state index contributed by atoms with van der Waals surface area (Å²) >= 11 is 0. The number of anilines is 1. The topological polar surface area (TPSA) is 56.3 Å². The number of rotatable bonds is 10. The second-order valence-corrected chi connectivity index (χ2v) is 5.07. The van der Waals surface area contributed by atoms with Gasteiger partial charge in [0.05, 0.1) is 6.61 Å². The molecule has 0 aliphatic carbocycles. The van der Waals surface area contributed by atoms with E-state index in [1.165, 1.54) is 6.42 Å². The Hall–Kier alpha value is -1.36. The standard InChI is InChI=1S/C15H27N3O2/c1-5-7-12(3)10-20-15-9-13(16-8-6-2)17-14(18-15)11-19-4/h9,12H,5-8,10-11H2,1-4H3,(H,16,17,18). The van der Waals surface area contributed by atoms with E-state index in [0.717, 1.165) is 25.2 Å². The van der Waals surface area contributed by atoms with Crippen LogP contribution in [0.4, 0.5) is 5.82 Å². The Morgan fingerprint density at radius 2 is 2.05 bits per heavy atom. The summed E-state index contributed by atoms with van der Waals surface area (Å²) in [4.78, 5) is 8.76. The van der Waals surface area contributed by atoms with Gasteiger partial charge in [-0.15, -0.1) is 0 Å². The zero-order valence-electron chi connectivity index (χ0n) is 13.1. The van der Waals surface area contributed by atoms with Gasteiger partial charge in [0.2, 0.25) is 5.88 Å². The highest BCUT2D eigenvalue weighted by molar-refractivity contribution is 5.38. The van der Waals surface area contributed by atoms with Crippen molar-refractivity contribution in [3.05, 3.63) is 11.9 Å². The summed E-state index contributed by atoms with van der Waals surface area (Å²) in [5.74, 6) is 2.60. The van der Waals surface area contributed by atoms with Gasteiger partial charge in [-0.25, -0.2) is 4.98 Å². The van der Waals surface area contributed by atoms with Crippen molar-refractivity contribution in [1.29, 1.82) is 0 Å². The first-order chi connectivity index (χ1) is 9.69. The lowest BCUT2D eigenvalue weighted by Gasteiger charge is -2.13. The number of nitrogens with zero attached hydrogens (tertiary/aromatic N) is 2.